The first-order valence-electron chi connectivity index (χ1n) is 6.00. The molecule has 1 aliphatic heterocycles. The summed E-state index contributed by atoms with van der Waals surface area (Å²) in [6.45, 7) is 7.12. The zero-order chi connectivity index (χ0) is 11.4. The number of nitrogens with two attached hydrogens (primary N) is 1. The predicted octanol–water partition coefficient (Wildman–Crippen LogP) is 0.728. The summed E-state index contributed by atoms with van der Waals surface area (Å²) in [5.74, 6) is 0. The Hall–Kier alpha value is -0.900. The van der Waals surface area contributed by atoms with Gasteiger partial charge in [0.05, 0.1) is 0 Å². The third-order valence-corrected chi connectivity index (χ3v) is 3.38. The lowest BCUT2D eigenvalue weighted by molar-refractivity contribution is 0.157. The quantitative estimate of drug-likeness (QED) is 0.787. The minimum Gasteiger partial charge on any atom is -0.329 e. The number of piperazine rings is 1. The van der Waals surface area contributed by atoms with Crippen molar-refractivity contribution in [2.45, 2.75) is 19.5 Å². The molecule has 88 valence electrons. The van der Waals surface area contributed by atoms with Crippen LogP contribution in [0.15, 0.2) is 24.3 Å². The lowest BCUT2D eigenvalue weighted by atomic mass is 10.1. The molecule has 3 N–H and O–H groups in total. The van der Waals surface area contributed by atoms with Gasteiger partial charge in [-0.1, -0.05) is 24.3 Å². The van der Waals surface area contributed by atoms with Crippen molar-refractivity contribution >= 4 is 0 Å². The number of aryl methyl sites for hydroxylation is 1. The molecule has 2 rings (SSSR count). The second kappa shape index (κ2) is 5.43. The average Bonchev–Trinajstić information content (AvgIpc) is 2.33. The Morgan fingerprint density at radius 2 is 2.25 bits per heavy atom. The van der Waals surface area contributed by atoms with E-state index in [0.29, 0.717) is 6.04 Å². The molecule has 0 aromatic heterocycles. The molecule has 0 spiro atoms. The van der Waals surface area contributed by atoms with Crippen LogP contribution in [0.2, 0.25) is 0 Å². The number of hydrogen-bond acceptors (Lipinski definition) is 3. The fourth-order valence-electron chi connectivity index (χ4n) is 2.25. The summed E-state index contributed by atoms with van der Waals surface area (Å²) in [4.78, 5) is 2.48. The van der Waals surface area contributed by atoms with Crippen molar-refractivity contribution in [3.63, 3.8) is 0 Å². The van der Waals surface area contributed by atoms with Crippen LogP contribution in [0.3, 0.4) is 0 Å². The third-order valence-electron chi connectivity index (χ3n) is 3.38. The van der Waals surface area contributed by atoms with Gasteiger partial charge in [-0.15, -0.1) is 0 Å². The van der Waals surface area contributed by atoms with Crippen LogP contribution in [0.25, 0.3) is 0 Å². The molecule has 1 aliphatic rings. The van der Waals surface area contributed by atoms with Crippen LogP contribution >= 0.6 is 0 Å². The number of benzene rings is 1. The van der Waals surface area contributed by atoms with Crippen LogP contribution in [0.4, 0.5) is 0 Å². The van der Waals surface area contributed by atoms with Crippen LogP contribution in [0.5, 0.6) is 0 Å². The SMILES string of the molecule is Cc1ccccc1CN1CCNCC1CN. The van der Waals surface area contributed by atoms with E-state index in [-0.39, 0.29) is 0 Å². The molecular formula is C13H21N3. The average molecular weight is 219 g/mol. The van der Waals surface area contributed by atoms with Crippen LogP contribution in [0.1, 0.15) is 11.1 Å². The number of rotatable bonds is 3. The van der Waals surface area contributed by atoms with E-state index >= 15 is 0 Å². The smallest absolute Gasteiger partial charge is 0.0347 e. The first kappa shape index (κ1) is 11.6. The Morgan fingerprint density at radius 1 is 1.44 bits per heavy atom. The normalized spacial score (nSPS) is 22.2. The maximum atomic E-state index is 5.80. The lowest BCUT2D eigenvalue weighted by Crippen LogP contribution is -2.53. The van der Waals surface area contributed by atoms with Crippen LogP contribution in [0, 0.1) is 6.92 Å². The Labute approximate surface area is 97.6 Å². The molecule has 3 nitrogen and oxygen atoms in total. The van der Waals surface area contributed by atoms with Crippen molar-refractivity contribution in [3.05, 3.63) is 35.4 Å². The monoisotopic (exact) mass is 219 g/mol. The maximum absolute atomic E-state index is 5.80. The van der Waals surface area contributed by atoms with E-state index in [2.05, 4.69) is 41.4 Å². The summed E-state index contributed by atoms with van der Waals surface area (Å²) < 4.78 is 0. The Balaban J connectivity index is 2.05. The van der Waals surface area contributed by atoms with Crippen molar-refractivity contribution in [2.75, 3.05) is 26.2 Å². The van der Waals surface area contributed by atoms with Crippen LogP contribution in [-0.2, 0) is 6.54 Å². The van der Waals surface area contributed by atoms with Crippen molar-refractivity contribution < 1.29 is 0 Å². The van der Waals surface area contributed by atoms with Gasteiger partial charge in [-0.05, 0) is 18.1 Å². The molecule has 1 aromatic carbocycles. The van der Waals surface area contributed by atoms with E-state index in [9.17, 15) is 0 Å². The van der Waals surface area contributed by atoms with Gasteiger partial charge in [-0.2, -0.15) is 0 Å². The minimum atomic E-state index is 0.480. The summed E-state index contributed by atoms with van der Waals surface area (Å²) in [6, 6.07) is 9.08. The van der Waals surface area contributed by atoms with Gasteiger partial charge >= 0.3 is 0 Å². The van der Waals surface area contributed by atoms with E-state index < -0.39 is 0 Å². The first-order valence-corrected chi connectivity index (χ1v) is 6.00. The molecule has 0 radical (unpaired) electrons. The van der Waals surface area contributed by atoms with E-state index in [1.807, 2.05) is 0 Å². The van der Waals surface area contributed by atoms with Gasteiger partial charge in [-0.25, -0.2) is 0 Å². The highest BCUT2D eigenvalue weighted by molar-refractivity contribution is 5.25. The van der Waals surface area contributed by atoms with Gasteiger partial charge in [0.2, 0.25) is 0 Å². The summed E-state index contributed by atoms with van der Waals surface area (Å²) >= 11 is 0. The molecule has 1 saturated heterocycles. The largest absolute Gasteiger partial charge is 0.329 e. The summed E-state index contributed by atoms with van der Waals surface area (Å²) in [6.07, 6.45) is 0. The molecular weight excluding hydrogens is 198 g/mol. The van der Waals surface area contributed by atoms with Gasteiger partial charge in [0, 0.05) is 38.8 Å². The second-order valence-corrected chi connectivity index (χ2v) is 4.49. The predicted molar refractivity (Wildman–Crippen MR) is 67.3 cm³/mol. The van der Waals surface area contributed by atoms with Crippen molar-refractivity contribution in [3.8, 4) is 0 Å². The van der Waals surface area contributed by atoms with Gasteiger partial charge in [-0.3, -0.25) is 4.90 Å². The van der Waals surface area contributed by atoms with E-state index in [4.69, 9.17) is 5.73 Å². The molecule has 0 aliphatic carbocycles. The molecule has 1 aromatic rings. The van der Waals surface area contributed by atoms with Crippen molar-refractivity contribution in [1.29, 1.82) is 0 Å². The molecule has 0 saturated carbocycles. The molecule has 1 fully saturated rings. The standard InChI is InChI=1S/C13H21N3/c1-11-4-2-3-5-12(11)10-16-7-6-15-9-13(16)8-14/h2-5,13,15H,6-10,14H2,1H3. The minimum absolute atomic E-state index is 0.480. The maximum Gasteiger partial charge on any atom is 0.0347 e. The highest BCUT2D eigenvalue weighted by Gasteiger charge is 2.20. The number of hydrogen-bond donors (Lipinski definition) is 2. The van der Waals surface area contributed by atoms with Crippen molar-refractivity contribution in [1.82, 2.24) is 10.2 Å². The van der Waals surface area contributed by atoms with Crippen molar-refractivity contribution in [2.24, 2.45) is 5.73 Å². The fraction of sp³-hybridized carbons (Fsp3) is 0.538. The van der Waals surface area contributed by atoms with E-state index in [0.717, 1.165) is 32.7 Å². The molecule has 1 atom stereocenters. The molecule has 1 unspecified atom stereocenters. The lowest BCUT2D eigenvalue weighted by Gasteiger charge is -2.35. The number of nitrogens with zero attached hydrogens (tertiary/aromatic N) is 1. The Bertz CT molecular complexity index is 338. The van der Waals surface area contributed by atoms with Crippen LogP contribution < -0.4 is 11.1 Å². The van der Waals surface area contributed by atoms with Crippen LogP contribution in [-0.4, -0.2) is 37.1 Å². The number of nitrogens with one attached hydrogen (secondary N) is 1. The van der Waals surface area contributed by atoms with E-state index in [1.165, 1.54) is 11.1 Å². The Kier molecular flexibility index (Phi) is 3.93. The summed E-state index contributed by atoms with van der Waals surface area (Å²) in [7, 11) is 0. The summed E-state index contributed by atoms with van der Waals surface area (Å²) in [5.41, 5.74) is 8.60. The zero-order valence-corrected chi connectivity index (χ0v) is 9.95. The molecule has 16 heavy (non-hydrogen) atoms. The highest BCUT2D eigenvalue weighted by atomic mass is 15.2. The molecule has 0 bridgehead atoms. The van der Waals surface area contributed by atoms with Gasteiger partial charge < -0.3 is 11.1 Å². The highest BCUT2D eigenvalue weighted by Crippen LogP contribution is 2.13. The van der Waals surface area contributed by atoms with Gasteiger partial charge in [0.15, 0.2) is 0 Å². The van der Waals surface area contributed by atoms with Gasteiger partial charge in [0.1, 0.15) is 0 Å². The topological polar surface area (TPSA) is 41.3 Å². The van der Waals surface area contributed by atoms with E-state index in [1.54, 1.807) is 0 Å². The molecule has 0 amide bonds. The zero-order valence-electron chi connectivity index (χ0n) is 9.95. The molecule has 3 heteroatoms. The third kappa shape index (κ3) is 2.61. The summed E-state index contributed by atoms with van der Waals surface area (Å²) in [5, 5.41) is 3.39. The fourth-order valence-corrected chi connectivity index (χ4v) is 2.25. The molecule has 1 heterocycles. The second-order valence-electron chi connectivity index (χ2n) is 4.49. The Morgan fingerprint density at radius 3 is 3.00 bits per heavy atom. The first-order chi connectivity index (χ1) is 7.81. The van der Waals surface area contributed by atoms with Gasteiger partial charge in [0.25, 0.3) is 0 Å².